The number of rotatable bonds is 5. The highest BCUT2D eigenvalue weighted by Gasteiger charge is 2.37. The van der Waals surface area contributed by atoms with Crippen LogP contribution >= 0.6 is 0 Å². The van der Waals surface area contributed by atoms with Gasteiger partial charge in [-0.25, -0.2) is 0 Å². The molecule has 0 bridgehead atoms. The summed E-state index contributed by atoms with van der Waals surface area (Å²) in [6, 6.07) is 9.94. The van der Waals surface area contributed by atoms with E-state index in [2.05, 4.69) is 11.8 Å². The van der Waals surface area contributed by atoms with Crippen molar-refractivity contribution in [1.29, 1.82) is 0 Å². The van der Waals surface area contributed by atoms with E-state index < -0.39 is 11.4 Å². The van der Waals surface area contributed by atoms with E-state index in [0.717, 1.165) is 11.5 Å². The molecule has 0 spiro atoms. The van der Waals surface area contributed by atoms with Gasteiger partial charge in [0.15, 0.2) is 0 Å². The summed E-state index contributed by atoms with van der Waals surface area (Å²) < 4.78 is 0. The molecular weight excluding hydrogens is 262 g/mol. The van der Waals surface area contributed by atoms with Gasteiger partial charge in [0.25, 0.3) is 0 Å². The Balaban J connectivity index is 2.11. The molecule has 116 valence electrons. The first-order valence-electron chi connectivity index (χ1n) is 7.78. The molecule has 0 aromatic heterocycles. The Morgan fingerprint density at radius 2 is 1.81 bits per heavy atom. The SMILES string of the molecule is CC1CCC(N(C)CC(N)(C(N)=O)c2ccccc2)CC1. The summed E-state index contributed by atoms with van der Waals surface area (Å²) in [5.41, 5.74) is 11.7. The second-order valence-electron chi connectivity index (χ2n) is 6.53. The third-order valence-electron chi connectivity index (χ3n) is 4.84. The number of primary amides is 1. The first kappa shape index (κ1) is 16.0. The molecule has 1 amide bonds. The lowest BCUT2D eigenvalue weighted by Gasteiger charge is -2.38. The lowest BCUT2D eigenvalue weighted by molar-refractivity contribution is -0.124. The summed E-state index contributed by atoms with van der Waals surface area (Å²) in [6.07, 6.45) is 4.82. The number of carbonyl (C=O) groups is 1. The number of nitrogens with zero attached hydrogens (tertiary/aromatic N) is 1. The average molecular weight is 289 g/mol. The molecular formula is C17H27N3O. The van der Waals surface area contributed by atoms with Crippen molar-refractivity contribution in [3.8, 4) is 0 Å². The van der Waals surface area contributed by atoms with Crippen molar-refractivity contribution < 1.29 is 4.79 Å². The maximum Gasteiger partial charge on any atom is 0.243 e. The maximum absolute atomic E-state index is 12.0. The van der Waals surface area contributed by atoms with Crippen LogP contribution in [-0.2, 0) is 10.3 Å². The van der Waals surface area contributed by atoms with E-state index in [1.165, 1.54) is 25.7 Å². The van der Waals surface area contributed by atoms with Crippen molar-refractivity contribution in [2.24, 2.45) is 17.4 Å². The molecule has 1 aromatic rings. The topological polar surface area (TPSA) is 72.3 Å². The third kappa shape index (κ3) is 3.63. The van der Waals surface area contributed by atoms with Crippen LogP contribution in [0.2, 0.25) is 0 Å². The van der Waals surface area contributed by atoms with Crippen molar-refractivity contribution >= 4 is 5.91 Å². The van der Waals surface area contributed by atoms with Crippen molar-refractivity contribution in [3.63, 3.8) is 0 Å². The van der Waals surface area contributed by atoms with Gasteiger partial charge in [-0.05, 0) is 44.2 Å². The van der Waals surface area contributed by atoms with Crippen LogP contribution in [0.25, 0.3) is 0 Å². The predicted octanol–water partition coefficient (Wildman–Crippen LogP) is 1.84. The van der Waals surface area contributed by atoms with Crippen LogP contribution in [0.3, 0.4) is 0 Å². The van der Waals surface area contributed by atoms with Crippen LogP contribution in [0.15, 0.2) is 30.3 Å². The molecule has 1 saturated carbocycles. The highest BCUT2D eigenvalue weighted by Crippen LogP contribution is 2.28. The van der Waals surface area contributed by atoms with Gasteiger partial charge in [-0.2, -0.15) is 0 Å². The van der Waals surface area contributed by atoms with E-state index >= 15 is 0 Å². The molecule has 21 heavy (non-hydrogen) atoms. The van der Waals surface area contributed by atoms with Gasteiger partial charge in [-0.15, -0.1) is 0 Å². The minimum absolute atomic E-state index is 0.464. The Bertz CT molecular complexity index is 468. The molecule has 1 atom stereocenters. The predicted molar refractivity (Wildman–Crippen MR) is 85.6 cm³/mol. The molecule has 0 radical (unpaired) electrons. The van der Waals surface area contributed by atoms with E-state index in [-0.39, 0.29) is 0 Å². The van der Waals surface area contributed by atoms with E-state index in [4.69, 9.17) is 11.5 Å². The Morgan fingerprint density at radius 1 is 1.24 bits per heavy atom. The lowest BCUT2D eigenvalue weighted by Crippen LogP contribution is -2.57. The molecule has 0 saturated heterocycles. The van der Waals surface area contributed by atoms with E-state index in [1.54, 1.807) is 0 Å². The van der Waals surface area contributed by atoms with E-state index in [1.807, 2.05) is 37.4 Å². The molecule has 4 N–H and O–H groups in total. The van der Waals surface area contributed by atoms with Crippen molar-refractivity contribution in [2.75, 3.05) is 13.6 Å². The Morgan fingerprint density at radius 3 is 2.33 bits per heavy atom. The van der Waals surface area contributed by atoms with E-state index in [0.29, 0.717) is 12.6 Å². The Hall–Kier alpha value is -1.39. The molecule has 1 aliphatic rings. The van der Waals surface area contributed by atoms with Crippen LogP contribution in [0.1, 0.15) is 38.2 Å². The number of amides is 1. The number of likely N-dealkylation sites (N-methyl/N-ethyl adjacent to an activating group) is 1. The first-order valence-corrected chi connectivity index (χ1v) is 7.78. The van der Waals surface area contributed by atoms with Gasteiger partial charge in [0.1, 0.15) is 5.54 Å². The molecule has 0 heterocycles. The average Bonchev–Trinajstić information content (AvgIpc) is 2.48. The quantitative estimate of drug-likeness (QED) is 0.868. The van der Waals surface area contributed by atoms with Crippen molar-refractivity contribution in [1.82, 2.24) is 4.90 Å². The zero-order valence-electron chi connectivity index (χ0n) is 13.1. The first-order chi connectivity index (χ1) is 9.93. The van der Waals surface area contributed by atoms with Gasteiger partial charge in [0.2, 0.25) is 5.91 Å². The Labute approximate surface area is 127 Å². The van der Waals surface area contributed by atoms with Gasteiger partial charge < -0.3 is 16.4 Å². The zero-order valence-corrected chi connectivity index (χ0v) is 13.1. The second-order valence-corrected chi connectivity index (χ2v) is 6.53. The second kappa shape index (κ2) is 6.58. The molecule has 1 unspecified atom stereocenters. The van der Waals surface area contributed by atoms with Crippen molar-refractivity contribution in [3.05, 3.63) is 35.9 Å². The number of carbonyl (C=O) groups excluding carboxylic acids is 1. The number of benzene rings is 1. The minimum atomic E-state index is -1.13. The molecule has 0 aliphatic heterocycles. The molecule has 2 rings (SSSR count). The lowest BCUT2D eigenvalue weighted by atomic mass is 9.84. The summed E-state index contributed by atoms with van der Waals surface area (Å²) in [4.78, 5) is 14.2. The monoisotopic (exact) mass is 289 g/mol. The van der Waals surface area contributed by atoms with Crippen LogP contribution in [0.4, 0.5) is 0 Å². The van der Waals surface area contributed by atoms with Crippen molar-refractivity contribution in [2.45, 2.75) is 44.2 Å². The summed E-state index contributed by atoms with van der Waals surface area (Å²) in [5, 5.41) is 0. The fourth-order valence-electron chi connectivity index (χ4n) is 3.25. The van der Waals surface area contributed by atoms with Crippen LogP contribution in [0.5, 0.6) is 0 Å². The Kier molecular flexibility index (Phi) is 5.01. The summed E-state index contributed by atoms with van der Waals surface area (Å²) in [5.74, 6) is 0.340. The summed E-state index contributed by atoms with van der Waals surface area (Å²) >= 11 is 0. The zero-order chi connectivity index (χ0) is 15.5. The fraction of sp³-hybridized carbons (Fsp3) is 0.588. The van der Waals surface area contributed by atoms with Crippen LogP contribution in [0, 0.1) is 5.92 Å². The third-order valence-corrected chi connectivity index (χ3v) is 4.84. The standard InChI is InChI=1S/C17H27N3O/c1-13-8-10-15(11-9-13)20(2)12-17(19,16(18)21)14-6-4-3-5-7-14/h3-7,13,15H,8-12,19H2,1-2H3,(H2,18,21). The fourth-order valence-corrected chi connectivity index (χ4v) is 3.25. The highest BCUT2D eigenvalue weighted by molar-refractivity contribution is 5.86. The van der Waals surface area contributed by atoms with Crippen LogP contribution < -0.4 is 11.5 Å². The van der Waals surface area contributed by atoms with Gasteiger partial charge in [0, 0.05) is 12.6 Å². The van der Waals surface area contributed by atoms with Gasteiger partial charge in [0.05, 0.1) is 0 Å². The van der Waals surface area contributed by atoms with Gasteiger partial charge in [-0.1, -0.05) is 37.3 Å². The molecule has 4 heteroatoms. The molecule has 1 aliphatic carbocycles. The maximum atomic E-state index is 12.0. The van der Waals surface area contributed by atoms with E-state index in [9.17, 15) is 4.79 Å². The number of hydrogen-bond acceptors (Lipinski definition) is 3. The molecule has 4 nitrogen and oxygen atoms in total. The summed E-state index contributed by atoms with van der Waals surface area (Å²) in [7, 11) is 2.05. The summed E-state index contributed by atoms with van der Waals surface area (Å²) in [6.45, 7) is 2.77. The van der Waals surface area contributed by atoms with Gasteiger partial charge >= 0.3 is 0 Å². The highest BCUT2D eigenvalue weighted by atomic mass is 16.1. The number of hydrogen-bond donors (Lipinski definition) is 2. The van der Waals surface area contributed by atoms with Crippen LogP contribution in [-0.4, -0.2) is 30.4 Å². The van der Waals surface area contributed by atoms with Gasteiger partial charge in [-0.3, -0.25) is 4.79 Å². The molecule has 1 aromatic carbocycles. The number of nitrogens with two attached hydrogens (primary N) is 2. The minimum Gasteiger partial charge on any atom is -0.368 e. The molecule has 1 fully saturated rings. The largest absolute Gasteiger partial charge is 0.368 e. The normalized spacial score (nSPS) is 25.5. The smallest absolute Gasteiger partial charge is 0.243 e.